The van der Waals surface area contributed by atoms with Gasteiger partial charge in [-0.15, -0.1) is 0 Å². The molecule has 8 aliphatic heterocycles. The average molecular weight is 1940 g/mol. The number of fused-ring (bicyclic) bond motifs is 10. The number of nitrogen functional groups attached to an aromatic ring is 2. The Morgan fingerprint density at radius 1 is 0.493 bits per heavy atom. The van der Waals surface area contributed by atoms with E-state index in [1.54, 1.807) is 18.2 Å². The molecule has 44 heteroatoms. The number of anilines is 6. The number of aryl methyl sites for hydroxylation is 4. The summed E-state index contributed by atoms with van der Waals surface area (Å²) < 4.78 is 63.7. The van der Waals surface area contributed by atoms with Gasteiger partial charge in [0, 0.05) is 155 Å². The van der Waals surface area contributed by atoms with Crippen LogP contribution in [0, 0.1) is 0 Å². The normalized spacial score (nSPS) is 19.7. The van der Waals surface area contributed by atoms with Gasteiger partial charge in [0.1, 0.15) is 85.8 Å². The fourth-order valence-corrected chi connectivity index (χ4v) is 20.6. The SMILES string of the molecule is CCN1CCCc2cc3c(cc21)Oc1cc2c(cc1=C3c1cc(C(=O)NCCCCCCNc3nc4c(=O)[nH]c(N)nc4n3[C@@H]3O[C@H](COP(=O)(O)O)[C@@H](O)[C@H]3O)ccc1C(=O)[O-])CCC[N+]=2CC.CCN1CCCc2cc3c(cc21)Oc1cc2c(cc1=C3c1ccc(C(=O)NCCCCCCNc3nc4c(=O)[nH]c(N)nc4n3[C@@H]3O[C@H](COP(=O)(O)O)[C@@H](O)[C@H]3O)cc1C(=O)[O-])CCC[N+]=2CC. The van der Waals surface area contributed by atoms with E-state index >= 15 is 0 Å². The molecular formula is C94H112N18O24P2. The van der Waals surface area contributed by atoms with Crippen LogP contribution in [0.4, 0.5) is 35.2 Å². The van der Waals surface area contributed by atoms with E-state index in [2.05, 4.69) is 155 Å². The van der Waals surface area contributed by atoms with Crippen LogP contribution in [0.3, 0.4) is 0 Å². The molecule has 8 aliphatic rings. The van der Waals surface area contributed by atoms with Gasteiger partial charge in [-0.05, 0) is 163 Å². The molecule has 0 unspecified atom stereocenters. The lowest BCUT2D eigenvalue weighted by Crippen LogP contribution is -2.39. The van der Waals surface area contributed by atoms with Crippen molar-refractivity contribution < 1.29 is 107 Å². The van der Waals surface area contributed by atoms with E-state index in [1.165, 1.54) is 38.5 Å². The summed E-state index contributed by atoms with van der Waals surface area (Å²) in [7, 11) is -9.84. The molecule has 0 aliphatic carbocycles. The molecule has 18 rings (SSSR count). The first kappa shape index (κ1) is 97.3. The average Bonchev–Trinajstić information content (AvgIpc) is 1.10. The quantitative estimate of drug-likeness (QED) is 0.0155. The van der Waals surface area contributed by atoms with Crippen molar-refractivity contribution in [1.29, 1.82) is 0 Å². The largest absolute Gasteiger partial charge is 0.545 e. The van der Waals surface area contributed by atoms with Crippen molar-refractivity contribution in [3.8, 4) is 23.0 Å². The number of phosphoric acid groups is 2. The van der Waals surface area contributed by atoms with Gasteiger partial charge in [-0.3, -0.25) is 47.3 Å². The molecule has 0 bridgehead atoms. The second-order valence-electron chi connectivity index (χ2n) is 35.4. The van der Waals surface area contributed by atoms with Crippen molar-refractivity contribution >= 4 is 108 Å². The number of aromatic carboxylic acids is 2. The third kappa shape index (κ3) is 20.2. The number of nitrogens with zero attached hydrogens (tertiary/aromatic N) is 10. The van der Waals surface area contributed by atoms with E-state index in [4.69, 9.17) is 50.0 Å². The number of carbonyl (C=O) groups excluding carboxylic acids is 4. The Kier molecular flexibility index (Phi) is 28.9. The number of aliphatic hydroxyl groups excluding tert-OH is 4. The number of ether oxygens (including phenoxy) is 4. The van der Waals surface area contributed by atoms with Gasteiger partial charge in [-0.1, -0.05) is 37.8 Å². The molecule has 2 fully saturated rings. The summed E-state index contributed by atoms with van der Waals surface area (Å²) in [6.45, 7) is 15.5. The van der Waals surface area contributed by atoms with Crippen molar-refractivity contribution in [2.75, 3.05) is 124 Å². The molecule has 12 heterocycles. The number of carboxylic acids is 2. The minimum atomic E-state index is -4.92. The molecule has 4 aromatic heterocycles. The van der Waals surface area contributed by atoms with Gasteiger partial charge in [-0.25, -0.2) is 28.2 Å². The van der Waals surface area contributed by atoms with Crippen LogP contribution >= 0.6 is 15.6 Å². The minimum absolute atomic E-state index is 0.0287. The van der Waals surface area contributed by atoms with Gasteiger partial charge in [0.05, 0.1) is 37.3 Å². The van der Waals surface area contributed by atoms with Crippen LogP contribution in [0.1, 0.15) is 203 Å². The Bertz CT molecular complexity index is 6980. The first-order valence-corrected chi connectivity index (χ1v) is 49.9. The second kappa shape index (κ2) is 41.0. The number of amides is 2. The number of nitrogens with one attached hydrogen (secondary N) is 6. The first-order valence-electron chi connectivity index (χ1n) is 46.8. The molecule has 8 atom stereocenters. The summed E-state index contributed by atoms with van der Waals surface area (Å²) in [5, 5.41) is 84.9. The molecule has 42 nitrogen and oxygen atoms in total. The van der Waals surface area contributed by atoms with Gasteiger partial charge in [0.2, 0.25) is 34.5 Å². The predicted molar refractivity (Wildman–Crippen MR) is 503 cm³/mol. The number of phosphoric ester groups is 2. The van der Waals surface area contributed by atoms with E-state index < -0.39 is 107 Å². The number of imidazole rings is 2. The fraction of sp³-hybridized carbons (Fsp3) is 0.447. The highest BCUT2D eigenvalue weighted by Crippen LogP contribution is 2.47. The number of carbonyl (C=O) groups is 4. The molecule has 18 N–H and O–H groups in total. The Hall–Kier alpha value is -12.4. The lowest BCUT2D eigenvalue weighted by Gasteiger charge is -2.33. The Balaban J connectivity index is 0.000000191. The highest BCUT2D eigenvalue weighted by molar-refractivity contribution is 7.46. The molecule has 732 valence electrons. The zero-order valence-electron chi connectivity index (χ0n) is 76.5. The van der Waals surface area contributed by atoms with E-state index in [9.17, 15) is 68.5 Å². The van der Waals surface area contributed by atoms with Crippen LogP contribution in [0.25, 0.3) is 33.5 Å². The van der Waals surface area contributed by atoms with Crippen molar-refractivity contribution in [3.63, 3.8) is 0 Å². The zero-order valence-corrected chi connectivity index (χ0v) is 78.3. The van der Waals surface area contributed by atoms with Crippen LogP contribution < -0.4 is 104 Å². The third-order valence-corrected chi connectivity index (χ3v) is 27.6. The number of aliphatic hydroxyl groups is 4. The number of benzene rings is 6. The van der Waals surface area contributed by atoms with Crippen LogP contribution in [0.2, 0.25) is 0 Å². The van der Waals surface area contributed by atoms with Gasteiger partial charge in [0.25, 0.3) is 22.9 Å². The molecule has 0 radical (unpaired) electrons. The highest BCUT2D eigenvalue weighted by atomic mass is 31.2. The van der Waals surface area contributed by atoms with Gasteiger partial charge in [-0.2, -0.15) is 9.97 Å². The van der Waals surface area contributed by atoms with Crippen LogP contribution in [0.15, 0.2) is 94.5 Å². The topological polar surface area (TPSA) is 606 Å². The standard InChI is InChI=1S/2C47H56N9O12P/c1-3-54-17-9-11-25-19-30-34(22-32(25)54)67-35-23-33-26(12-10-18-55(33)4-2)20-31(35)37(30)29-21-27(13-14-28(29)45(61)62)42(59)49-15-7-5-6-8-16-50-47-51-38-41(52-46(48)53-43(38)60)56(47)44-40(58)39(57)36(68-44)24-66-69(63,64)65;1-3-54-17-9-11-25-19-30-34(22-32(25)54)67-35-23-33-26(12-10-18-55(33)4-2)20-31(35)37(30)28-14-13-27(21-29(28)45(61)62)42(59)49-15-7-5-6-8-16-50-47-51-38-41(52-46(48)53-43(38)60)56(47)44-40(58)39(57)36(68-44)24-66-69(63,64)65/h13-14,19-23,36,39-40,44,57-58H,3-12,15-18,24H2,1-2H3,(H7-,48,49,50,51,52,53,59,60,61,62,63,64,65);13-14,19-23,36,39-40,44,49,57-58H,3-12,15-18,24H2,1-2H3,(H6,48,53,59,60,61,62,63,64,65)/t2*36-,39-,40-,44-/m11/s1. The Labute approximate surface area is 789 Å². The third-order valence-electron chi connectivity index (χ3n) is 26.6. The number of hydrogen-bond donors (Lipinski definition) is 16. The van der Waals surface area contributed by atoms with Crippen molar-refractivity contribution in [2.45, 2.75) is 180 Å². The van der Waals surface area contributed by atoms with Crippen molar-refractivity contribution in [3.05, 3.63) is 194 Å². The zero-order chi connectivity index (χ0) is 97.4. The van der Waals surface area contributed by atoms with Crippen molar-refractivity contribution in [1.82, 2.24) is 58.8 Å². The Morgan fingerprint density at radius 3 is 1.34 bits per heavy atom. The van der Waals surface area contributed by atoms with Crippen LogP contribution in [-0.4, -0.2) is 231 Å². The summed E-state index contributed by atoms with van der Waals surface area (Å²) in [5.74, 6) is -1.33. The smallest absolute Gasteiger partial charge is 0.469 e. The maximum Gasteiger partial charge on any atom is 0.469 e. The fourth-order valence-electron chi connectivity index (χ4n) is 19.9. The van der Waals surface area contributed by atoms with E-state index in [-0.39, 0.29) is 68.7 Å². The molecule has 6 aromatic carbocycles. The lowest BCUT2D eigenvalue weighted by atomic mass is 9.85. The summed E-state index contributed by atoms with van der Waals surface area (Å²) in [6, 6.07) is 26.2. The number of H-pyrrole nitrogens is 2. The van der Waals surface area contributed by atoms with Crippen LogP contribution in [-0.2, 0) is 53.3 Å². The lowest BCUT2D eigenvalue weighted by molar-refractivity contribution is -0.256. The molecule has 10 aromatic rings. The molecular weight excluding hydrogens is 1830 g/mol. The Morgan fingerprint density at radius 2 is 0.913 bits per heavy atom. The number of rotatable bonds is 34. The van der Waals surface area contributed by atoms with Crippen molar-refractivity contribution in [2.24, 2.45) is 0 Å². The number of carboxylic acid groups (broad SMARTS) is 2. The van der Waals surface area contributed by atoms with E-state index in [0.29, 0.717) is 123 Å². The van der Waals surface area contributed by atoms with Gasteiger partial charge in [0.15, 0.2) is 34.8 Å². The molecule has 2 amide bonds. The maximum atomic E-state index is 13.8. The summed E-state index contributed by atoms with van der Waals surface area (Å²) >= 11 is 0. The molecule has 138 heavy (non-hydrogen) atoms. The molecule has 0 saturated carbocycles. The molecule has 2 saturated heterocycles. The van der Waals surface area contributed by atoms with E-state index in [0.717, 1.165) is 164 Å². The maximum absolute atomic E-state index is 13.8. The predicted octanol–water partition coefficient (Wildman–Crippen LogP) is 1.56. The van der Waals surface area contributed by atoms with Gasteiger partial charge < -0.3 is 121 Å². The summed E-state index contributed by atoms with van der Waals surface area (Å²) in [6.07, 6.45) is 0.816. The number of unbranched alkanes of at least 4 members (excludes halogenated alkanes) is 6. The summed E-state index contributed by atoms with van der Waals surface area (Å²) in [4.78, 5) is 142. The number of hydrogen-bond acceptors (Lipinski definition) is 30. The first-order chi connectivity index (χ1) is 66.3. The number of aromatic nitrogens is 8. The van der Waals surface area contributed by atoms with Crippen LogP contribution in [0.5, 0.6) is 23.0 Å². The second-order valence-corrected chi connectivity index (χ2v) is 37.9. The number of aromatic amines is 2. The molecule has 0 spiro atoms. The summed E-state index contributed by atoms with van der Waals surface area (Å²) in [5.41, 5.74) is 21.0. The van der Waals surface area contributed by atoms with Gasteiger partial charge >= 0.3 is 15.6 Å². The number of nitrogens with two attached hydrogens (primary N) is 2. The monoisotopic (exact) mass is 1940 g/mol. The highest BCUT2D eigenvalue weighted by Gasteiger charge is 2.49. The van der Waals surface area contributed by atoms with E-state index in [1.807, 2.05) is 0 Å². The minimum Gasteiger partial charge on any atom is -0.545 e.